The summed E-state index contributed by atoms with van der Waals surface area (Å²) in [6.07, 6.45) is 0. The van der Waals surface area contributed by atoms with Crippen LogP contribution < -0.4 is 4.90 Å². The molecule has 0 radical (unpaired) electrons. The molecule has 2 aromatic carbocycles. The molecule has 6 nitrogen and oxygen atoms in total. The van der Waals surface area contributed by atoms with E-state index in [-0.39, 0.29) is 0 Å². The van der Waals surface area contributed by atoms with Crippen molar-refractivity contribution in [1.82, 2.24) is 24.5 Å². The Bertz CT molecular complexity index is 1170. The van der Waals surface area contributed by atoms with Crippen LogP contribution in [0, 0.1) is 6.92 Å². The first kappa shape index (κ1) is 19.0. The number of aryl methyl sites for hydroxylation is 1. The minimum Gasteiger partial charge on any atom is -0.338 e. The Morgan fingerprint density at radius 2 is 1.63 bits per heavy atom. The van der Waals surface area contributed by atoms with Crippen molar-refractivity contribution in [3.05, 3.63) is 65.5 Å². The molecule has 0 unspecified atom stereocenters. The second-order valence-corrected chi connectivity index (χ2v) is 8.48. The summed E-state index contributed by atoms with van der Waals surface area (Å²) in [5.74, 6) is 2.25. The van der Waals surface area contributed by atoms with Crippen molar-refractivity contribution in [1.29, 1.82) is 0 Å². The van der Waals surface area contributed by atoms with Crippen LogP contribution in [-0.4, -0.2) is 50.7 Å². The van der Waals surface area contributed by atoms with Crippen molar-refractivity contribution in [2.45, 2.75) is 33.2 Å². The van der Waals surface area contributed by atoms with Crippen molar-refractivity contribution >= 4 is 22.5 Å². The Labute approximate surface area is 177 Å². The van der Waals surface area contributed by atoms with Gasteiger partial charge in [-0.1, -0.05) is 50.2 Å². The van der Waals surface area contributed by atoms with Gasteiger partial charge in [-0.3, -0.25) is 4.90 Å². The normalized spacial score (nSPS) is 15.5. The molecule has 3 heterocycles. The number of para-hydroxylation sites is 1. The van der Waals surface area contributed by atoms with E-state index in [9.17, 15) is 0 Å². The third-order valence-corrected chi connectivity index (χ3v) is 5.98. The molecule has 0 saturated carbocycles. The van der Waals surface area contributed by atoms with Crippen LogP contribution in [0.15, 0.2) is 48.5 Å². The van der Waals surface area contributed by atoms with E-state index in [1.165, 1.54) is 11.1 Å². The van der Waals surface area contributed by atoms with E-state index in [0.717, 1.165) is 61.0 Å². The molecule has 0 amide bonds. The van der Waals surface area contributed by atoms with E-state index in [1.54, 1.807) is 0 Å². The topological polar surface area (TPSA) is 49.6 Å². The fraction of sp³-hybridized carbons (Fsp3) is 0.375. The third kappa shape index (κ3) is 3.52. The van der Waals surface area contributed by atoms with E-state index >= 15 is 0 Å². The van der Waals surface area contributed by atoms with Gasteiger partial charge in [0.25, 0.3) is 0 Å². The monoisotopic (exact) mass is 400 g/mol. The molecule has 1 saturated heterocycles. The Kier molecular flexibility index (Phi) is 4.87. The molecule has 0 atom stereocenters. The lowest BCUT2D eigenvalue weighted by Gasteiger charge is -2.35. The first-order chi connectivity index (χ1) is 14.6. The summed E-state index contributed by atoms with van der Waals surface area (Å²) >= 11 is 0. The fourth-order valence-corrected chi connectivity index (χ4v) is 4.22. The van der Waals surface area contributed by atoms with E-state index in [0.29, 0.717) is 5.92 Å². The van der Waals surface area contributed by atoms with E-state index in [4.69, 9.17) is 4.98 Å². The molecular weight excluding hydrogens is 372 g/mol. The van der Waals surface area contributed by atoms with Gasteiger partial charge in [-0.2, -0.15) is 4.52 Å². The summed E-state index contributed by atoms with van der Waals surface area (Å²) < 4.78 is 1.91. The van der Waals surface area contributed by atoms with Gasteiger partial charge >= 0.3 is 0 Å². The zero-order chi connectivity index (χ0) is 20.7. The van der Waals surface area contributed by atoms with Gasteiger partial charge in [0.05, 0.1) is 5.52 Å². The molecule has 6 heteroatoms. The summed E-state index contributed by atoms with van der Waals surface area (Å²) in [6, 6.07) is 17.3. The second kappa shape index (κ2) is 7.69. The predicted octanol–water partition coefficient (Wildman–Crippen LogP) is 4.03. The minimum atomic E-state index is 0.578. The molecule has 1 fully saturated rings. The van der Waals surface area contributed by atoms with Gasteiger partial charge in [0, 0.05) is 38.1 Å². The van der Waals surface area contributed by atoms with Crippen molar-refractivity contribution in [2.24, 2.45) is 0 Å². The molecule has 30 heavy (non-hydrogen) atoms. The Balaban J connectivity index is 1.34. The Morgan fingerprint density at radius 1 is 0.900 bits per heavy atom. The smallest absolute Gasteiger partial charge is 0.229 e. The molecule has 0 N–H and O–H groups in total. The highest BCUT2D eigenvalue weighted by atomic mass is 15.4. The number of anilines is 1. The van der Waals surface area contributed by atoms with E-state index in [1.807, 2.05) is 23.6 Å². The zero-order valence-corrected chi connectivity index (χ0v) is 17.9. The molecule has 5 rings (SSSR count). The van der Waals surface area contributed by atoms with E-state index in [2.05, 4.69) is 70.1 Å². The number of aromatic nitrogens is 4. The third-order valence-electron chi connectivity index (χ3n) is 5.98. The van der Waals surface area contributed by atoms with Gasteiger partial charge in [-0.15, -0.1) is 5.10 Å². The minimum absolute atomic E-state index is 0.578. The quantitative estimate of drug-likeness (QED) is 0.518. The second-order valence-electron chi connectivity index (χ2n) is 8.48. The van der Waals surface area contributed by atoms with Crippen molar-refractivity contribution in [3.63, 3.8) is 0 Å². The lowest BCUT2D eigenvalue weighted by atomic mass is 10.0. The molecule has 0 aliphatic carbocycles. The summed E-state index contributed by atoms with van der Waals surface area (Å²) in [6.45, 7) is 11.3. The largest absolute Gasteiger partial charge is 0.338 e. The summed E-state index contributed by atoms with van der Waals surface area (Å²) in [5.41, 5.74) is 4.64. The van der Waals surface area contributed by atoms with Gasteiger partial charge in [0.2, 0.25) is 5.95 Å². The fourth-order valence-electron chi connectivity index (χ4n) is 4.22. The lowest BCUT2D eigenvalue weighted by Crippen LogP contribution is -2.46. The SMILES string of the molecule is Cc1nc2c3ccccc3nc(N3CCN(Cc4ccc(C(C)C)cc4)CC3)n2n1. The number of hydrogen-bond acceptors (Lipinski definition) is 5. The molecule has 4 aromatic rings. The summed E-state index contributed by atoms with van der Waals surface area (Å²) in [4.78, 5) is 14.5. The molecular formula is C24H28N6. The van der Waals surface area contributed by atoms with Gasteiger partial charge in [-0.05, 0) is 36.1 Å². The number of fused-ring (bicyclic) bond motifs is 3. The number of nitrogens with zero attached hydrogens (tertiary/aromatic N) is 6. The van der Waals surface area contributed by atoms with Gasteiger partial charge in [0.15, 0.2) is 5.65 Å². The molecule has 0 spiro atoms. The number of hydrogen-bond donors (Lipinski definition) is 0. The zero-order valence-electron chi connectivity index (χ0n) is 17.9. The van der Waals surface area contributed by atoms with Gasteiger partial charge in [-0.25, -0.2) is 9.97 Å². The number of benzene rings is 2. The molecule has 154 valence electrons. The predicted molar refractivity (Wildman–Crippen MR) is 121 cm³/mol. The van der Waals surface area contributed by atoms with Crippen LogP contribution in [0.4, 0.5) is 5.95 Å². The average molecular weight is 401 g/mol. The van der Waals surface area contributed by atoms with Crippen LogP contribution in [-0.2, 0) is 6.54 Å². The highest BCUT2D eigenvalue weighted by molar-refractivity contribution is 5.92. The maximum Gasteiger partial charge on any atom is 0.229 e. The molecule has 1 aliphatic heterocycles. The van der Waals surface area contributed by atoms with Crippen LogP contribution in [0.25, 0.3) is 16.6 Å². The molecule has 0 bridgehead atoms. The highest BCUT2D eigenvalue weighted by Gasteiger charge is 2.22. The Hall–Kier alpha value is -2.99. The maximum absolute atomic E-state index is 4.94. The van der Waals surface area contributed by atoms with Crippen LogP contribution in [0.2, 0.25) is 0 Å². The first-order valence-corrected chi connectivity index (χ1v) is 10.8. The summed E-state index contributed by atoms with van der Waals surface area (Å²) in [5, 5.41) is 5.68. The van der Waals surface area contributed by atoms with Crippen LogP contribution >= 0.6 is 0 Å². The Morgan fingerprint density at radius 3 is 2.37 bits per heavy atom. The van der Waals surface area contributed by atoms with Crippen LogP contribution in [0.1, 0.15) is 36.7 Å². The van der Waals surface area contributed by atoms with Gasteiger partial charge in [0.1, 0.15) is 5.82 Å². The summed E-state index contributed by atoms with van der Waals surface area (Å²) in [7, 11) is 0. The molecule has 2 aromatic heterocycles. The standard InChI is InChI=1S/C24H28N6/c1-17(2)20-10-8-19(9-11-20)16-28-12-14-29(15-13-28)24-26-22-7-5-4-6-21(22)23-25-18(3)27-30(23)24/h4-11,17H,12-16H2,1-3H3. The van der Waals surface area contributed by atoms with Crippen LogP contribution in [0.3, 0.4) is 0 Å². The highest BCUT2D eigenvalue weighted by Crippen LogP contribution is 2.24. The van der Waals surface area contributed by atoms with Crippen LogP contribution in [0.5, 0.6) is 0 Å². The number of rotatable bonds is 4. The van der Waals surface area contributed by atoms with Gasteiger partial charge < -0.3 is 4.90 Å². The van der Waals surface area contributed by atoms with E-state index < -0.39 is 0 Å². The van der Waals surface area contributed by atoms with Crippen molar-refractivity contribution in [3.8, 4) is 0 Å². The molecule has 1 aliphatic rings. The van der Waals surface area contributed by atoms with Crippen molar-refractivity contribution in [2.75, 3.05) is 31.1 Å². The first-order valence-electron chi connectivity index (χ1n) is 10.8. The lowest BCUT2D eigenvalue weighted by molar-refractivity contribution is 0.248. The average Bonchev–Trinajstić information content (AvgIpc) is 3.16. The van der Waals surface area contributed by atoms with Crippen molar-refractivity contribution < 1.29 is 0 Å². The maximum atomic E-state index is 4.94. The number of piperazine rings is 1.